The molecule has 1 N–H and O–H groups in total. The number of likely N-dealkylation sites (tertiary alicyclic amines) is 1. The van der Waals surface area contributed by atoms with Crippen molar-refractivity contribution in [2.45, 2.75) is 70.3 Å². The van der Waals surface area contributed by atoms with Crippen molar-refractivity contribution in [2.24, 2.45) is 13.0 Å². The summed E-state index contributed by atoms with van der Waals surface area (Å²) in [5, 5.41) is 4.73. The Hall–Kier alpha value is -1.81. The minimum atomic E-state index is 0.238. The fourth-order valence-corrected chi connectivity index (χ4v) is 5.71. The molecule has 0 saturated carbocycles. The SMILES string of the molecule is CCCCCCCC(=O)NC[C@@H]1C[C@@H]2c3cccc4c3c(cn4C)C[C@H]2N(C)C1. The second-order valence-corrected chi connectivity index (χ2v) is 9.39. The third-order valence-electron chi connectivity index (χ3n) is 7.21. The minimum Gasteiger partial charge on any atom is -0.356 e. The number of carbonyl (C=O) groups is 1. The molecule has 1 amide bonds. The second kappa shape index (κ2) is 8.91. The molecule has 1 aromatic carbocycles. The lowest BCUT2D eigenvalue weighted by atomic mass is 9.72. The van der Waals surface area contributed by atoms with Crippen LogP contribution in [-0.4, -0.2) is 41.6 Å². The summed E-state index contributed by atoms with van der Waals surface area (Å²) in [5.41, 5.74) is 4.38. The van der Waals surface area contributed by atoms with Gasteiger partial charge in [-0.3, -0.25) is 4.79 Å². The Kier molecular flexibility index (Phi) is 6.29. The molecule has 1 aliphatic heterocycles. The molecule has 4 nitrogen and oxygen atoms in total. The van der Waals surface area contributed by atoms with Crippen LogP contribution in [-0.2, 0) is 18.3 Å². The third-order valence-corrected chi connectivity index (χ3v) is 7.21. The van der Waals surface area contributed by atoms with Crippen molar-refractivity contribution in [1.29, 1.82) is 0 Å². The first-order valence-corrected chi connectivity index (χ1v) is 11.6. The molecule has 4 heteroatoms. The molecular formula is C25H37N3O. The number of nitrogens with one attached hydrogen (secondary N) is 1. The van der Waals surface area contributed by atoms with Crippen LogP contribution in [0, 0.1) is 5.92 Å². The summed E-state index contributed by atoms with van der Waals surface area (Å²) in [6, 6.07) is 7.38. The van der Waals surface area contributed by atoms with E-state index in [-0.39, 0.29) is 5.91 Å². The van der Waals surface area contributed by atoms with Crippen molar-refractivity contribution in [1.82, 2.24) is 14.8 Å². The fraction of sp³-hybridized carbons (Fsp3) is 0.640. The maximum atomic E-state index is 12.3. The molecule has 29 heavy (non-hydrogen) atoms. The van der Waals surface area contributed by atoms with Crippen LogP contribution in [0.3, 0.4) is 0 Å². The van der Waals surface area contributed by atoms with Crippen LogP contribution in [0.4, 0.5) is 0 Å². The summed E-state index contributed by atoms with van der Waals surface area (Å²) in [4.78, 5) is 14.8. The predicted molar refractivity (Wildman–Crippen MR) is 120 cm³/mol. The zero-order chi connectivity index (χ0) is 20.4. The summed E-state index contributed by atoms with van der Waals surface area (Å²) in [6.45, 7) is 4.12. The first kappa shape index (κ1) is 20.5. The molecular weight excluding hydrogens is 358 g/mol. The van der Waals surface area contributed by atoms with Gasteiger partial charge in [-0.15, -0.1) is 0 Å². The number of aromatic nitrogens is 1. The van der Waals surface area contributed by atoms with Gasteiger partial charge in [0.2, 0.25) is 5.91 Å². The molecule has 1 saturated heterocycles. The zero-order valence-electron chi connectivity index (χ0n) is 18.4. The molecule has 158 valence electrons. The number of fused-ring (bicyclic) bond motifs is 2. The number of hydrogen-bond donors (Lipinski definition) is 1. The van der Waals surface area contributed by atoms with Crippen molar-refractivity contribution in [3.05, 3.63) is 35.5 Å². The molecule has 0 unspecified atom stereocenters. The number of carbonyl (C=O) groups excluding carboxylic acids is 1. The summed E-state index contributed by atoms with van der Waals surface area (Å²) < 4.78 is 2.28. The summed E-state index contributed by atoms with van der Waals surface area (Å²) >= 11 is 0. The maximum Gasteiger partial charge on any atom is 0.220 e. The largest absolute Gasteiger partial charge is 0.356 e. The van der Waals surface area contributed by atoms with Crippen LogP contribution in [0.2, 0.25) is 0 Å². The average Bonchev–Trinajstić information content (AvgIpc) is 3.04. The minimum absolute atomic E-state index is 0.238. The van der Waals surface area contributed by atoms with E-state index < -0.39 is 0 Å². The highest BCUT2D eigenvalue weighted by Gasteiger charge is 2.39. The van der Waals surface area contributed by atoms with Gasteiger partial charge in [-0.2, -0.15) is 0 Å². The third kappa shape index (κ3) is 4.23. The first-order valence-electron chi connectivity index (χ1n) is 11.6. The Morgan fingerprint density at radius 1 is 1.17 bits per heavy atom. The molecule has 0 radical (unpaired) electrons. The lowest BCUT2D eigenvalue weighted by molar-refractivity contribution is -0.121. The molecule has 4 rings (SSSR count). The van der Waals surface area contributed by atoms with E-state index in [4.69, 9.17) is 0 Å². The van der Waals surface area contributed by atoms with Gasteiger partial charge < -0.3 is 14.8 Å². The molecule has 1 aliphatic carbocycles. The average molecular weight is 396 g/mol. The van der Waals surface area contributed by atoms with E-state index in [9.17, 15) is 4.79 Å². The lowest BCUT2D eigenvalue weighted by Crippen LogP contribution is -2.50. The van der Waals surface area contributed by atoms with E-state index in [1.807, 2.05) is 0 Å². The number of likely N-dealkylation sites (N-methyl/N-ethyl adjacent to an activating group) is 1. The van der Waals surface area contributed by atoms with Gasteiger partial charge in [0.15, 0.2) is 0 Å². The summed E-state index contributed by atoms with van der Waals surface area (Å²) in [6.07, 6.45) is 11.3. The monoisotopic (exact) mass is 395 g/mol. The topological polar surface area (TPSA) is 37.3 Å². The Bertz CT molecular complexity index is 855. The van der Waals surface area contributed by atoms with E-state index in [0.717, 1.165) is 25.9 Å². The van der Waals surface area contributed by atoms with Crippen molar-refractivity contribution in [3.8, 4) is 0 Å². The number of hydrogen-bond acceptors (Lipinski definition) is 2. The zero-order valence-corrected chi connectivity index (χ0v) is 18.4. The van der Waals surface area contributed by atoms with E-state index in [1.54, 1.807) is 0 Å². The Morgan fingerprint density at radius 2 is 2.00 bits per heavy atom. The Balaban J connectivity index is 1.37. The molecule has 2 heterocycles. The van der Waals surface area contributed by atoms with Crippen molar-refractivity contribution < 1.29 is 4.79 Å². The van der Waals surface area contributed by atoms with Gasteiger partial charge in [-0.1, -0.05) is 44.7 Å². The van der Waals surface area contributed by atoms with Gasteiger partial charge in [0.05, 0.1) is 0 Å². The standard InChI is InChI=1S/C25H37N3O/c1-4-5-6-7-8-12-24(29)26-15-18-13-21-20-10-9-11-22-25(20)19(17-28(22)3)14-23(21)27(2)16-18/h9-11,17-18,21,23H,4-8,12-16H2,1-3H3,(H,26,29)/t18-,21+,23+/m0/s1. The number of piperidine rings is 1. The summed E-state index contributed by atoms with van der Waals surface area (Å²) in [5.74, 6) is 1.34. The molecule has 1 aromatic heterocycles. The lowest BCUT2D eigenvalue weighted by Gasteiger charge is -2.45. The van der Waals surface area contributed by atoms with Gasteiger partial charge in [-0.05, 0) is 49.4 Å². The highest BCUT2D eigenvalue weighted by Crippen LogP contribution is 2.44. The number of aryl methyl sites for hydroxylation is 1. The molecule has 2 aromatic rings. The normalized spacial score (nSPS) is 23.9. The van der Waals surface area contributed by atoms with Gasteiger partial charge in [0.1, 0.15) is 0 Å². The van der Waals surface area contributed by atoms with E-state index >= 15 is 0 Å². The second-order valence-electron chi connectivity index (χ2n) is 9.39. The highest BCUT2D eigenvalue weighted by atomic mass is 16.1. The number of benzene rings is 1. The molecule has 3 atom stereocenters. The van der Waals surface area contributed by atoms with Crippen LogP contribution in [0.15, 0.2) is 24.4 Å². The quantitative estimate of drug-likeness (QED) is 0.663. The van der Waals surface area contributed by atoms with Crippen LogP contribution in [0.25, 0.3) is 10.9 Å². The summed E-state index contributed by atoms with van der Waals surface area (Å²) in [7, 11) is 4.43. The van der Waals surface area contributed by atoms with Gasteiger partial charge >= 0.3 is 0 Å². The molecule has 0 bridgehead atoms. The maximum absolute atomic E-state index is 12.3. The van der Waals surface area contributed by atoms with Crippen LogP contribution in [0.1, 0.15) is 68.9 Å². The molecule has 2 aliphatic rings. The van der Waals surface area contributed by atoms with Crippen LogP contribution in [0.5, 0.6) is 0 Å². The number of unbranched alkanes of at least 4 members (excludes halogenated alkanes) is 4. The molecule has 1 fully saturated rings. The number of nitrogens with zero attached hydrogens (tertiary/aromatic N) is 2. The van der Waals surface area contributed by atoms with Gasteiger partial charge in [-0.25, -0.2) is 0 Å². The number of amides is 1. The fourth-order valence-electron chi connectivity index (χ4n) is 5.71. The van der Waals surface area contributed by atoms with Crippen molar-refractivity contribution in [2.75, 3.05) is 20.1 Å². The Morgan fingerprint density at radius 3 is 2.83 bits per heavy atom. The first-order chi connectivity index (χ1) is 14.1. The van der Waals surface area contributed by atoms with E-state index in [1.165, 1.54) is 54.1 Å². The van der Waals surface area contributed by atoms with Crippen molar-refractivity contribution >= 4 is 16.8 Å². The van der Waals surface area contributed by atoms with Crippen molar-refractivity contribution in [3.63, 3.8) is 0 Å². The smallest absolute Gasteiger partial charge is 0.220 e. The predicted octanol–water partition coefficient (Wildman–Crippen LogP) is 4.62. The highest BCUT2D eigenvalue weighted by molar-refractivity contribution is 5.89. The number of rotatable bonds is 8. The molecule has 0 spiro atoms. The van der Waals surface area contributed by atoms with E-state index in [0.29, 0.717) is 24.3 Å². The Labute approximate surface area is 175 Å². The van der Waals surface area contributed by atoms with Gasteiger partial charge in [0.25, 0.3) is 0 Å². The van der Waals surface area contributed by atoms with Crippen LogP contribution < -0.4 is 5.32 Å². The van der Waals surface area contributed by atoms with E-state index in [2.05, 4.69) is 60.2 Å². The van der Waals surface area contributed by atoms with Crippen LogP contribution >= 0.6 is 0 Å². The van der Waals surface area contributed by atoms with Gasteiger partial charge in [0, 0.05) is 55.6 Å².